The van der Waals surface area contributed by atoms with Crippen LogP contribution in [0.1, 0.15) is 98.6 Å². The average Bonchev–Trinajstić information content (AvgIpc) is 3.51. The predicted molar refractivity (Wildman–Crippen MR) is 147 cm³/mol. The maximum absolute atomic E-state index is 14.4. The third-order valence-corrected chi connectivity index (χ3v) is 9.55. The van der Waals surface area contributed by atoms with Crippen molar-refractivity contribution in [2.45, 2.75) is 95.2 Å². The summed E-state index contributed by atoms with van der Waals surface area (Å²) in [6.45, 7) is 2.36. The van der Waals surface area contributed by atoms with E-state index in [1.165, 1.54) is 37.0 Å². The molecule has 4 atom stereocenters. The van der Waals surface area contributed by atoms with Crippen molar-refractivity contribution in [2.75, 3.05) is 25.1 Å². The van der Waals surface area contributed by atoms with Gasteiger partial charge in [-0.05, 0) is 123 Å². The van der Waals surface area contributed by atoms with Crippen LogP contribution in [0.25, 0.3) is 0 Å². The molecule has 0 bridgehead atoms. The lowest BCUT2D eigenvalue weighted by Crippen LogP contribution is -2.26. The standard InChI is InChI=1S/C32H41FN2O4/c33-23-8-11-26(28-20-32(12-13-32)14-17-39-28)27(19-23)29(31(36)37)22-7-10-25(18-22)38-16-2-1-5-24-9-6-21-4-3-15-34-30(21)35-24/h6,8-9,11,19,22,25,28-29H,1-5,7,10,12-18,20H2,(H,34,35)(H,36,37)/t22?,25-,28?,29+/m1/s1. The first-order valence-electron chi connectivity index (χ1n) is 15.0. The highest BCUT2D eigenvalue weighted by Gasteiger charge is 2.48. The molecular formula is C32H41FN2O4. The molecule has 7 heteroatoms. The van der Waals surface area contributed by atoms with Crippen LogP contribution in [0.5, 0.6) is 0 Å². The number of aryl methyl sites for hydroxylation is 2. The Hall–Kier alpha value is -2.51. The van der Waals surface area contributed by atoms with Crippen molar-refractivity contribution in [1.29, 1.82) is 0 Å². The molecule has 210 valence electrons. The van der Waals surface area contributed by atoms with Crippen LogP contribution in [0, 0.1) is 17.2 Å². The van der Waals surface area contributed by atoms with Gasteiger partial charge in [-0.3, -0.25) is 4.79 Å². The van der Waals surface area contributed by atoms with Crippen LogP contribution in [0.3, 0.4) is 0 Å². The minimum atomic E-state index is -0.878. The number of ether oxygens (including phenoxy) is 2. The van der Waals surface area contributed by atoms with E-state index in [2.05, 4.69) is 17.4 Å². The number of fused-ring (bicyclic) bond motifs is 1. The van der Waals surface area contributed by atoms with Crippen LogP contribution in [0.2, 0.25) is 0 Å². The van der Waals surface area contributed by atoms with Gasteiger partial charge in [0.15, 0.2) is 0 Å². The second-order valence-electron chi connectivity index (χ2n) is 12.3. The van der Waals surface area contributed by atoms with Gasteiger partial charge in [0.1, 0.15) is 11.6 Å². The molecule has 6 rings (SSSR count). The van der Waals surface area contributed by atoms with Gasteiger partial charge in [0.25, 0.3) is 0 Å². The minimum Gasteiger partial charge on any atom is -0.481 e. The zero-order valence-corrected chi connectivity index (χ0v) is 22.8. The number of carbonyl (C=O) groups is 1. The number of carboxylic acids is 1. The van der Waals surface area contributed by atoms with Gasteiger partial charge < -0.3 is 19.9 Å². The third-order valence-electron chi connectivity index (χ3n) is 9.55. The highest BCUT2D eigenvalue weighted by atomic mass is 19.1. The Morgan fingerprint density at radius 3 is 2.95 bits per heavy atom. The van der Waals surface area contributed by atoms with Crippen LogP contribution in [-0.4, -0.2) is 41.9 Å². The maximum Gasteiger partial charge on any atom is 0.311 e. The molecule has 4 aliphatic rings. The molecule has 2 unspecified atom stereocenters. The molecule has 3 heterocycles. The number of carboxylic acid groups (broad SMARTS) is 1. The smallest absolute Gasteiger partial charge is 0.311 e. The molecule has 1 aromatic carbocycles. The topological polar surface area (TPSA) is 80.7 Å². The van der Waals surface area contributed by atoms with E-state index in [1.54, 1.807) is 6.07 Å². The minimum absolute atomic E-state index is 0.0561. The largest absolute Gasteiger partial charge is 0.481 e. The van der Waals surface area contributed by atoms with Gasteiger partial charge in [0.05, 0.1) is 18.1 Å². The van der Waals surface area contributed by atoms with Crippen LogP contribution in [0.15, 0.2) is 30.3 Å². The van der Waals surface area contributed by atoms with E-state index in [0.717, 1.165) is 75.0 Å². The first kappa shape index (κ1) is 26.7. The number of aromatic nitrogens is 1. The average molecular weight is 537 g/mol. The lowest BCUT2D eigenvalue weighted by Gasteiger charge is -2.33. The normalized spacial score (nSPS) is 26.1. The number of halogens is 1. The number of nitrogens with one attached hydrogen (secondary N) is 1. The first-order chi connectivity index (χ1) is 19.0. The van der Waals surface area contributed by atoms with E-state index in [9.17, 15) is 14.3 Å². The fraction of sp³-hybridized carbons (Fsp3) is 0.625. The Balaban J connectivity index is 1.03. The van der Waals surface area contributed by atoms with Crippen molar-refractivity contribution < 1.29 is 23.8 Å². The van der Waals surface area contributed by atoms with Gasteiger partial charge in [-0.1, -0.05) is 12.1 Å². The summed E-state index contributed by atoms with van der Waals surface area (Å²) >= 11 is 0. The van der Waals surface area contributed by atoms with E-state index in [4.69, 9.17) is 14.5 Å². The first-order valence-corrected chi connectivity index (χ1v) is 15.0. The monoisotopic (exact) mass is 536 g/mol. The summed E-state index contributed by atoms with van der Waals surface area (Å²) in [5, 5.41) is 13.7. The van der Waals surface area contributed by atoms with Gasteiger partial charge in [-0.25, -0.2) is 9.37 Å². The molecule has 2 N–H and O–H groups in total. The summed E-state index contributed by atoms with van der Waals surface area (Å²) in [5.41, 5.74) is 4.25. The Labute approximate surface area is 230 Å². The zero-order chi connectivity index (χ0) is 26.8. The molecule has 6 nitrogen and oxygen atoms in total. The SMILES string of the molecule is O=C(O)[C@H](c1cc(F)ccc1C1CC2(CCO1)CC2)C1CC[C@@H](OCCCCc2ccc3c(n2)NCCC3)C1. The molecule has 0 amide bonds. The van der Waals surface area contributed by atoms with E-state index in [1.807, 2.05) is 0 Å². The number of benzene rings is 1. The van der Waals surface area contributed by atoms with Crippen LogP contribution < -0.4 is 5.32 Å². The highest BCUT2D eigenvalue weighted by Crippen LogP contribution is 2.58. The van der Waals surface area contributed by atoms with Gasteiger partial charge in [-0.15, -0.1) is 0 Å². The highest BCUT2D eigenvalue weighted by molar-refractivity contribution is 5.77. The number of unbranched alkanes of at least 4 members (excludes halogenated alkanes) is 1. The number of hydrogen-bond acceptors (Lipinski definition) is 5. The molecule has 0 radical (unpaired) electrons. The number of nitrogens with zero attached hydrogens (tertiary/aromatic N) is 1. The van der Waals surface area contributed by atoms with Gasteiger partial charge >= 0.3 is 5.97 Å². The second-order valence-corrected chi connectivity index (χ2v) is 12.3. The molecule has 3 fully saturated rings. The number of pyridine rings is 1. The Morgan fingerprint density at radius 2 is 2.10 bits per heavy atom. The van der Waals surface area contributed by atoms with E-state index in [-0.39, 0.29) is 23.9 Å². The molecule has 2 saturated carbocycles. The molecule has 1 spiro atoms. The molecule has 1 saturated heterocycles. The van der Waals surface area contributed by atoms with Gasteiger partial charge in [0.2, 0.25) is 0 Å². The van der Waals surface area contributed by atoms with Crippen molar-refractivity contribution in [2.24, 2.45) is 11.3 Å². The molecular weight excluding hydrogens is 495 g/mol. The summed E-state index contributed by atoms with van der Waals surface area (Å²) in [7, 11) is 0. The van der Waals surface area contributed by atoms with Crippen molar-refractivity contribution in [3.8, 4) is 0 Å². The Morgan fingerprint density at radius 1 is 1.21 bits per heavy atom. The maximum atomic E-state index is 14.4. The van der Waals surface area contributed by atoms with Crippen LogP contribution in [-0.2, 0) is 27.1 Å². The van der Waals surface area contributed by atoms with Crippen LogP contribution >= 0.6 is 0 Å². The van der Waals surface area contributed by atoms with Gasteiger partial charge in [-0.2, -0.15) is 0 Å². The van der Waals surface area contributed by atoms with E-state index in [0.29, 0.717) is 30.6 Å². The van der Waals surface area contributed by atoms with Gasteiger partial charge in [0, 0.05) is 25.5 Å². The zero-order valence-electron chi connectivity index (χ0n) is 22.8. The second kappa shape index (κ2) is 11.5. The Bertz CT molecular complexity index is 1180. The van der Waals surface area contributed by atoms with Crippen molar-refractivity contribution >= 4 is 11.8 Å². The summed E-state index contributed by atoms with van der Waals surface area (Å²) < 4.78 is 26.8. The fourth-order valence-electron chi connectivity index (χ4n) is 7.09. The predicted octanol–water partition coefficient (Wildman–Crippen LogP) is 6.59. The summed E-state index contributed by atoms with van der Waals surface area (Å²) in [4.78, 5) is 17.4. The summed E-state index contributed by atoms with van der Waals surface area (Å²) in [6.07, 6.45) is 11.8. The quantitative estimate of drug-likeness (QED) is 0.334. The van der Waals surface area contributed by atoms with Crippen molar-refractivity contribution in [1.82, 2.24) is 4.98 Å². The molecule has 2 aliphatic carbocycles. The Kier molecular flexibility index (Phi) is 7.90. The number of hydrogen-bond donors (Lipinski definition) is 2. The lowest BCUT2D eigenvalue weighted by atomic mass is 9.79. The lowest BCUT2D eigenvalue weighted by molar-refractivity contribution is -0.140. The molecule has 2 aliphatic heterocycles. The van der Waals surface area contributed by atoms with Crippen LogP contribution in [0.4, 0.5) is 10.2 Å². The molecule has 1 aromatic heterocycles. The molecule has 2 aromatic rings. The summed E-state index contributed by atoms with van der Waals surface area (Å²) in [5.74, 6) is -1.03. The van der Waals surface area contributed by atoms with Crippen molar-refractivity contribution in [3.63, 3.8) is 0 Å². The summed E-state index contributed by atoms with van der Waals surface area (Å²) in [6, 6.07) is 9.01. The number of anilines is 1. The van der Waals surface area contributed by atoms with Crippen molar-refractivity contribution in [3.05, 3.63) is 58.5 Å². The number of rotatable bonds is 10. The fourth-order valence-corrected chi connectivity index (χ4v) is 7.09. The van der Waals surface area contributed by atoms with E-state index >= 15 is 0 Å². The number of aliphatic carboxylic acids is 1. The molecule has 39 heavy (non-hydrogen) atoms. The third kappa shape index (κ3) is 6.14. The van der Waals surface area contributed by atoms with E-state index < -0.39 is 11.9 Å².